The fraction of sp³-hybridized carbons (Fsp3) is 0.364. The van der Waals surface area contributed by atoms with Crippen LogP contribution in [-0.4, -0.2) is 49.4 Å². The van der Waals surface area contributed by atoms with Gasteiger partial charge in [0.05, 0.1) is 29.1 Å². The predicted octanol–water partition coefficient (Wildman–Crippen LogP) is 3.51. The van der Waals surface area contributed by atoms with Gasteiger partial charge in [0.2, 0.25) is 11.8 Å². The monoisotopic (exact) mass is 498 g/mol. The van der Waals surface area contributed by atoms with Crippen LogP contribution in [0.2, 0.25) is 0 Å². The highest BCUT2D eigenvalue weighted by Crippen LogP contribution is 2.39. The molecule has 2 N–H and O–H groups in total. The second-order valence-electron chi connectivity index (χ2n) is 7.67. The molecule has 176 valence electrons. The van der Waals surface area contributed by atoms with Crippen LogP contribution in [-0.2, 0) is 33.6 Å². The summed E-state index contributed by atoms with van der Waals surface area (Å²) >= 11 is 2.56. The lowest BCUT2D eigenvalue weighted by Gasteiger charge is -2.07. The number of hydrogen-bond donors (Lipinski definition) is 2. The van der Waals surface area contributed by atoms with Gasteiger partial charge in [0, 0.05) is 17.7 Å². The molecule has 1 aliphatic carbocycles. The molecule has 5 rings (SSSR count). The highest BCUT2D eigenvalue weighted by Gasteiger charge is 2.33. The van der Waals surface area contributed by atoms with Crippen molar-refractivity contribution in [3.05, 3.63) is 46.6 Å². The minimum Gasteiger partial charge on any atom is -0.465 e. The van der Waals surface area contributed by atoms with Gasteiger partial charge in [-0.25, -0.2) is 9.97 Å². The number of aryl methyl sites for hydroxylation is 3. The van der Waals surface area contributed by atoms with E-state index in [1.807, 2.05) is 24.3 Å². The zero-order chi connectivity index (χ0) is 23.5. The lowest BCUT2D eigenvalue weighted by molar-refractivity contribution is -0.145. The number of aromatic amines is 1. The van der Waals surface area contributed by atoms with Crippen LogP contribution in [0.25, 0.3) is 11.0 Å². The number of aromatic nitrogens is 5. The Morgan fingerprint density at radius 2 is 2.15 bits per heavy atom. The van der Waals surface area contributed by atoms with Crippen molar-refractivity contribution in [2.24, 2.45) is 0 Å². The number of nitrogens with one attached hydrogen (secondary N) is 2. The molecule has 3 aromatic heterocycles. The van der Waals surface area contributed by atoms with Gasteiger partial charge in [0.15, 0.2) is 5.13 Å². The van der Waals surface area contributed by atoms with Crippen LogP contribution in [0.4, 0.5) is 5.13 Å². The minimum atomic E-state index is -0.345. The van der Waals surface area contributed by atoms with Gasteiger partial charge in [-0.1, -0.05) is 23.9 Å². The van der Waals surface area contributed by atoms with Crippen molar-refractivity contribution in [2.75, 3.05) is 17.7 Å². The molecule has 1 unspecified atom stereocenters. The number of nitrogens with zero attached hydrogens (tertiary/aromatic N) is 4. The summed E-state index contributed by atoms with van der Waals surface area (Å²) in [5.41, 5.74) is 2.64. The normalized spacial score (nSPS) is 14.9. The highest BCUT2D eigenvalue weighted by molar-refractivity contribution is 7.99. The first-order valence-electron chi connectivity index (χ1n) is 10.9. The van der Waals surface area contributed by atoms with E-state index >= 15 is 0 Å². The van der Waals surface area contributed by atoms with Gasteiger partial charge < -0.3 is 19.5 Å². The molecule has 1 amide bonds. The van der Waals surface area contributed by atoms with E-state index in [4.69, 9.17) is 9.15 Å². The number of carbonyl (C=O) groups is 2. The van der Waals surface area contributed by atoms with Crippen LogP contribution in [0, 0.1) is 0 Å². The second-order valence-corrected chi connectivity index (χ2v) is 9.68. The molecule has 0 aliphatic heterocycles. The van der Waals surface area contributed by atoms with Gasteiger partial charge in [0.1, 0.15) is 11.7 Å². The molecule has 34 heavy (non-hydrogen) atoms. The first kappa shape index (κ1) is 22.5. The Morgan fingerprint density at radius 3 is 3.00 bits per heavy atom. The number of ether oxygens (including phenoxy) is 1. The largest absolute Gasteiger partial charge is 0.465 e. The molecule has 0 fully saturated rings. The Labute approximate surface area is 202 Å². The van der Waals surface area contributed by atoms with Gasteiger partial charge in [-0.15, -0.1) is 21.5 Å². The van der Waals surface area contributed by atoms with Crippen LogP contribution < -0.4 is 5.32 Å². The van der Waals surface area contributed by atoms with Gasteiger partial charge >= 0.3 is 5.97 Å². The molecule has 10 nitrogen and oxygen atoms in total. The summed E-state index contributed by atoms with van der Waals surface area (Å²) < 4.78 is 10.8. The summed E-state index contributed by atoms with van der Waals surface area (Å²) in [5.74, 6) is 0.622. The van der Waals surface area contributed by atoms with E-state index in [2.05, 4.69) is 30.5 Å². The van der Waals surface area contributed by atoms with Crippen LogP contribution >= 0.6 is 23.1 Å². The Balaban J connectivity index is 1.10. The summed E-state index contributed by atoms with van der Waals surface area (Å²) in [6, 6.07) is 7.85. The lowest BCUT2D eigenvalue weighted by atomic mass is 10.1. The van der Waals surface area contributed by atoms with Crippen molar-refractivity contribution >= 4 is 51.1 Å². The van der Waals surface area contributed by atoms with E-state index in [0.717, 1.165) is 45.6 Å². The molecule has 4 aromatic rings. The van der Waals surface area contributed by atoms with Gasteiger partial charge in [-0.2, -0.15) is 0 Å². The number of hydrogen-bond acceptors (Lipinski definition) is 10. The molecule has 0 spiro atoms. The summed E-state index contributed by atoms with van der Waals surface area (Å²) in [6.07, 6.45) is 2.65. The molecule has 12 heteroatoms. The minimum absolute atomic E-state index is 0.108. The van der Waals surface area contributed by atoms with Crippen LogP contribution in [0.1, 0.15) is 41.5 Å². The van der Waals surface area contributed by atoms with Crippen molar-refractivity contribution in [3.63, 3.8) is 0 Å². The summed E-state index contributed by atoms with van der Waals surface area (Å²) in [5, 5.41) is 11.7. The Hall–Kier alpha value is -3.25. The molecular weight excluding hydrogens is 476 g/mol. The number of imidazole rings is 1. The van der Waals surface area contributed by atoms with Gasteiger partial charge in [-0.05, 0) is 31.9 Å². The van der Waals surface area contributed by atoms with Gasteiger partial charge in [-0.3, -0.25) is 9.59 Å². The summed E-state index contributed by atoms with van der Waals surface area (Å²) in [4.78, 5) is 37.8. The maximum Gasteiger partial charge on any atom is 0.315 e. The standard InChI is InChI=1S/C22H22N6O4S2/c1-2-31-20(30)12-7-8-15-19(12)26-21(34-15)25-17(29)11-33-22-28-27-18(32-22)10-9-16-23-13-5-3-4-6-14(13)24-16/h3-6,12H,2,7-11H2,1H3,(H,23,24)(H,25,26,29). The average Bonchev–Trinajstić information content (AvgIpc) is 3.59. The van der Waals surface area contributed by atoms with Gasteiger partial charge in [0.25, 0.3) is 5.22 Å². The molecule has 0 saturated carbocycles. The highest BCUT2D eigenvalue weighted by atomic mass is 32.2. The van der Waals surface area contributed by atoms with Crippen molar-refractivity contribution in [1.29, 1.82) is 0 Å². The van der Waals surface area contributed by atoms with Crippen LogP contribution in [0.5, 0.6) is 0 Å². The van der Waals surface area contributed by atoms with E-state index < -0.39 is 0 Å². The van der Waals surface area contributed by atoms with Crippen LogP contribution in [0.15, 0.2) is 33.9 Å². The number of fused-ring (bicyclic) bond motifs is 2. The van der Waals surface area contributed by atoms with Crippen molar-refractivity contribution in [3.8, 4) is 0 Å². The third-order valence-electron chi connectivity index (χ3n) is 5.32. The predicted molar refractivity (Wildman–Crippen MR) is 127 cm³/mol. The lowest BCUT2D eigenvalue weighted by Crippen LogP contribution is -2.16. The molecule has 3 heterocycles. The molecule has 0 radical (unpaired) electrons. The molecule has 0 bridgehead atoms. The number of rotatable bonds is 9. The maximum absolute atomic E-state index is 12.4. The van der Waals surface area contributed by atoms with Crippen LogP contribution in [0.3, 0.4) is 0 Å². The number of carbonyl (C=O) groups excluding carboxylic acids is 2. The Morgan fingerprint density at radius 1 is 1.26 bits per heavy atom. The Bertz CT molecular complexity index is 1300. The quantitative estimate of drug-likeness (QED) is 0.262. The van der Waals surface area contributed by atoms with E-state index in [0.29, 0.717) is 42.1 Å². The van der Waals surface area contributed by atoms with E-state index in [1.165, 1.54) is 11.3 Å². The zero-order valence-electron chi connectivity index (χ0n) is 18.4. The zero-order valence-corrected chi connectivity index (χ0v) is 20.0. The Kier molecular flexibility index (Phi) is 6.59. The molecule has 1 aliphatic rings. The molecule has 1 aromatic carbocycles. The SMILES string of the molecule is CCOC(=O)C1CCc2sc(NC(=O)CSc3nnc(CCc4nc5ccccc5[nH]4)o3)nc21. The molecule has 1 atom stereocenters. The molecular formula is C22H22N6O4S2. The topological polar surface area (TPSA) is 136 Å². The number of esters is 1. The summed E-state index contributed by atoms with van der Waals surface area (Å²) in [6.45, 7) is 2.12. The van der Waals surface area contributed by atoms with E-state index in [1.54, 1.807) is 6.92 Å². The third kappa shape index (κ3) is 4.97. The number of anilines is 1. The number of H-pyrrole nitrogens is 1. The number of thiazole rings is 1. The average molecular weight is 499 g/mol. The van der Waals surface area contributed by atoms with Crippen molar-refractivity contribution in [2.45, 2.75) is 43.7 Å². The number of para-hydroxylation sites is 2. The fourth-order valence-corrected chi connectivity index (χ4v) is 5.42. The number of thioether (sulfide) groups is 1. The first-order valence-corrected chi connectivity index (χ1v) is 12.7. The number of amides is 1. The fourth-order valence-electron chi connectivity index (χ4n) is 3.78. The third-order valence-corrected chi connectivity index (χ3v) is 7.19. The smallest absolute Gasteiger partial charge is 0.315 e. The van der Waals surface area contributed by atoms with E-state index in [-0.39, 0.29) is 23.5 Å². The second kappa shape index (κ2) is 9.94. The summed E-state index contributed by atoms with van der Waals surface area (Å²) in [7, 11) is 0. The van der Waals surface area contributed by atoms with Crippen molar-refractivity contribution < 1.29 is 18.7 Å². The molecule has 0 saturated heterocycles. The first-order chi connectivity index (χ1) is 16.6. The van der Waals surface area contributed by atoms with Crippen molar-refractivity contribution in [1.82, 2.24) is 25.1 Å². The number of benzene rings is 1. The maximum atomic E-state index is 12.4. The van der Waals surface area contributed by atoms with E-state index in [9.17, 15) is 9.59 Å².